The van der Waals surface area contributed by atoms with Crippen LogP contribution in [-0.2, 0) is 4.57 Å². The van der Waals surface area contributed by atoms with Crippen LogP contribution in [0.25, 0.3) is 10.8 Å². The predicted molar refractivity (Wildman–Crippen MR) is 136 cm³/mol. The Labute approximate surface area is 193 Å². The van der Waals surface area contributed by atoms with Gasteiger partial charge in [-0.1, -0.05) is 103 Å². The van der Waals surface area contributed by atoms with E-state index in [1.54, 1.807) is 17.0 Å². The van der Waals surface area contributed by atoms with Crippen molar-refractivity contribution in [2.45, 2.75) is 12.1 Å². The molecule has 1 heterocycles. The molecule has 0 saturated carbocycles. The van der Waals surface area contributed by atoms with E-state index < -0.39 is 12.8 Å². The van der Waals surface area contributed by atoms with Crippen molar-refractivity contribution in [2.24, 2.45) is 0 Å². The Bertz CT molecular complexity index is 1380. The Balaban J connectivity index is 1.73. The average Bonchev–Trinajstić information content (AvgIpc) is 3.43. The minimum atomic E-state index is -3.22. The molecule has 0 N–H and O–H groups in total. The van der Waals surface area contributed by atoms with Crippen LogP contribution >= 0.6 is 7.14 Å². The molecular weight excluding hydrogens is 425 g/mol. The standard InChI is InChI=1S/C29H24NO2P/c31-29(30-19-9-10-20-30)22-28(25-18-17-23-11-7-8-12-24(23)21-25)33(32,26-13-3-1-4-14-26)27-15-5-2-6-16-27/h1-21,28H,22H2/t28-/m0/s1. The smallest absolute Gasteiger partial charge is 0.231 e. The van der Waals surface area contributed by atoms with Crippen molar-refractivity contribution in [1.82, 2.24) is 4.57 Å². The van der Waals surface area contributed by atoms with Crippen LogP contribution in [0.5, 0.6) is 0 Å². The second-order valence-corrected chi connectivity index (χ2v) is 11.1. The van der Waals surface area contributed by atoms with Crippen LogP contribution < -0.4 is 10.6 Å². The fraction of sp³-hybridized carbons (Fsp3) is 0.0690. The van der Waals surface area contributed by atoms with Gasteiger partial charge in [0.1, 0.15) is 0 Å². The first-order chi connectivity index (χ1) is 16.2. The molecule has 5 rings (SSSR count). The number of aromatic nitrogens is 1. The maximum Gasteiger partial charge on any atom is 0.231 e. The van der Waals surface area contributed by atoms with E-state index in [0.717, 1.165) is 26.9 Å². The molecule has 4 aromatic carbocycles. The zero-order valence-corrected chi connectivity index (χ0v) is 19.0. The molecule has 0 aliphatic carbocycles. The SMILES string of the molecule is O=C(C[C@@H](c1ccc2ccccc2c1)P(=O)(c1ccccc1)c1ccccc1)n1cccc1. The number of fused-ring (bicyclic) bond motifs is 1. The number of carbonyl (C=O) groups excluding carboxylic acids is 1. The van der Waals surface area contributed by atoms with E-state index in [-0.39, 0.29) is 12.3 Å². The van der Waals surface area contributed by atoms with Crippen molar-refractivity contribution in [2.75, 3.05) is 0 Å². The van der Waals surface area contributed by atoms with Crippen molar-refractivity contribution >= 4 is 34.4 Å². The molecule has 4 heteroatoms. The van der Waals surface area contributed by atoms with Gasteiger partial charge in [-0.05, 0) is 28.5 Å². The number of hydrogen-bond donors (Lipinski definition) is 0. The first kappa shape index (κ1) is 21.2. The van der Waals surface area contributed by atoms with E-state index in [9.17, 15) is 4.79 Å². The molecule has 1 aromatic heterocycles. The number of nitrogens with zero attached hydrogens (tertiary/aromatic N) is 1. The molecule has 3 nitrogen and oxygen atoms in total. The summed E-state index contributed by atoms with van der Waals surface area (Å²) in [6.07, 6.45) is 3.62. The largest absolute Gasteiger partial charge is 0.313 e. The zero-order chi connectivity index (χ0) is 22.7. The van der Waals surface area contributed by atoms with Crippen molar-refractivity contribution in [3.8, 4) is 0 Å². The molecule has 0 aliphatic heterocycles. The highest BCUT2D eigenvalue weighted by molar-refractivity contribution is 7.79. The van der Waals surface area contributed by atoms with E-state index in [1.807, 2.05) is 91.0 Å². The van der Waals surface area contributed by atoms with Crippen LogP contribution in [0.2, 0.25) is 0 Å². The van der Waals surface area contributed by atoms with Crippen molar-refractivity contribution in [1.29, 1.82) is 0 Å². The second-order valence-electron chi connectivity index (χ2n) is 8.14. The van der Waals surface area contributed by atoms with Gasteiger partial charge in [-0.15, -0.1) is 0 Å². The predicted octanol–water partition coefficient (Wildman–Crippen LogP) is 6.43. The number of hydrogen-bond acceptors (Lipinski definition) is 2. The maximum absolute atomic E-state index is 15.2. The third kappa shape index (κ3) is 4.08. The molecule has 1 atom stereocenters. The molecule has 5 aromatic rings. The lowest BCUT2D eigenvalue weighted by Crippen LogP contribution is -2.24. The van der Waals surface area contributed by atoms with Crippen molar-refractivity contribution in [3.05, 3.63) is 133 Å². The third-order valence-electron chi connectivity index (χ3n) is 6.14. The van der Waals surface area contributed by atoms with Crippen LogP contribution in [0.3, 0.4) is 0 Å². The first-order valence-electron chi connectivity index (χ1n) is 11.0. The summed E-state index contributed by atoms with van der Waals surface area (Å²) < 4.78 is 16.8. The fourth-order valence-corrected chi connectivity index (χ4v) is 7.69. The molecule has 0 amide bonds. The third-order valence-corrected chi connectivity index (χ3v) is 9.63. The lowest BCUT2D eigenvalue weighted by atomic mass is 10.0. The van der Waals surface area contributed by atoms with Gasteiger partial charge in [0.15, 0.2) is 7.14 Å². The van der Waals surface area contributed by atoms with Gasteiger partial charge < -0.3 is 4.57 Å². The van der Waals surface area contributed by atoms with Gasteiger partial charge in [0.2, 0.25) is 5.91 Å². The highest BCUT2D eigenvalue weighted by atomic mass is 31.2. The second kappa shape index (κ2) is 9.05. The van der Waals surface area contributed by atoms with E-state index >= 15 is 4.57 Å². The molecule has 0 saturated heterocycles. The fourth-order valence-electron chi connectivity index (χ4n) is 4.45. The van der Waals surface area contributed by atoms with E-state index in [1.165, 1.54) is 0 Å². The summed E-state index contributed by atoms with van der Waals surface area (Å²) >= 11 is 0. The molecule has 0 unspecified atom stereocenters. The van der Waals surface area contributed by atoms with Crippen molar-refractivity contribution in [3.63, 3.8) is 0 Å². The molecule has 0 bridgehead atoms. The van der Waals surface area contributed by atoms with Crippen LogP contribution in [0.4, 0.5) is 0 Å². The summed E-state index contributed by atoms with van der Waals surface area (Å²) in [4.78, 5) is 13.3. The molecule has 0 aliphatic rings. The minimum absolute atomic E-state index is 0.0785. The summed E-state index contributed by atoms with van der Waals surface area (Å²) in [5.41, 5.74) is 0.409. The summed E-state index contributed by atoms with van der Waals surface area (Å²) in [6, 6.07) is 37.1. The van der Waals surface area contributed by atoms with Gasteiger partial charge >= 0.3 is 0 Å². The summed E-state index contributed by atoms with van der Waals surface area (Å²) in [7, 11) is -3.22. The first-order valence-corrected chi connectivity index (χ1v) is 12.8. The van der Waals surface area contributed by atoms with Crippen LogP contribution in [0.1, 0.15) is 22.4 Å². The Morgan fingerprint density at radius 2 is 1.21 bits per heavy atom. The van der Waals surface area contributed by atoms with Gasteiger partial charge in [-0.2, -0.15) is 0 Å². The quantitative estimate of drug-likeness (QED) is 0.280. The lowest BCUT2D eigenvalue weighted by Gasteiger charge is -2.29. The van der Waals surface area contributed by atoms with E-state index in [0.29, 0.717) is 0 Å². The van der Waals surface area contributed by atoms with E-state index in [2.05, 4.69) is 24.3 Å². The van der Waals surface area contributed by atoms with Crippen molar-refractivity contribution < 1.29 is 9.36 Å². The Morgan fingerprint density at radius 1 is 0.667 bits per heavy atom. The lowest BCUT2D eigenvalue weighted by molar-refractivity contribution is 0.0901. The Hall–Kier alpha value is -3.68. The number of benzene rings is 4. The van der Waals surface area contributed by atoms with Crippen LogP contribution in [0, 0.1) is 0 Å². The van der Waals surface area contributed by atoms with Gasteiger partial charge in [-0.25, -0.2) is 0 Å². The summed E-state index contributed by atoms with van der Waals surface area (Å²) in [6.45, 7) is 0. The highest BCUT2D eigenvalue weighted by Gasteiger charge is 2.39. The summed E-state index contributed by atoms with van der Waals surface area (Å²) in [5.74, 6) is -0.0785. The van der Waals surface area contributed by atoms with Gasteiger partial charge in [0, 0.05) is 29.4 Å². The maximum atomic E-state index is 15.2. The molecule has 33 heavy (non-hydrogen) atoms. The molecular formula is C29H24NO2P. The number of carbonyl (C=O) groups is 1. The Morgan fingerprint density at radius 3 is 1.82 bits per heavy atom. The van der Waals surface area contributed by atoms with Crippen LogP contribution in [-0.4, -0.2) is 10.5 Å². The van der Waals surface area contributed by atoms with Crippen LogP contribution in [0.15, 0.2) is 128 Å². The molecule has 162 valence electrons. The molecule has 0 spiro atoms. The summed E-state index contributed by atoms with van der Waals surface area (Å²) in [5, 5.41) is 3.71. The topological polar surface area (TPSA) is 39.1 Å². The van der Waals surface area contributed by atoms with Gasteiger partial charge in [0.25, 0.3) is 0 Å². The van der Waals surface area contributed by atoms with Gasteiger partial charge in [0.05, 0.1) is 5.66 Å². The normalized spacial score (nSPS) is 12.5. The average molecular weight is 449 g/mol. The highest BCUT2D eigenvalue weighted by Crippen LogP contribution is 2.59. The number of rotatable bonds is 6. The Kier molecular flexibility index (Phi) is 5.81. The zero-order valence-electron chi connectivity index (χ0n) is 18.1. The molecule has 0 radical (unpaired) electrons. The molecule has 0 fully saturated rings. The minimum Gasteiger partial charge on any atom is -0.313 e. The van der Waals surface area contributed by atoms with E-state index in [4.69, 9.17) is 0 Å². The van der Waals surface area contributed by atoms with Gasteiger partial charge in [-0.3, -0.25) is 9.36 Å². The monoisotopic (exact) mass is 449 g/mol.